The van der Waals surface area contributed by atoms with Gasteiger partial charge >= 0.3 is 0 Å². The number of rotatable bonds is 1. The van der Waals surface area contributed by atoms with Crippen LogP contribution in [0.1, 0.15) is 10.5 Å². The molecule has 5 heteroatoms. The molecule has 0 unspecified atom stereocenters. The summed E-state index contributed by atoms with van der Waals surface area (Å²) in [5, 5.41) is 0.230. The lowest BCUT2D eigenvalue weighted by Crippen LogP contribution is -1.90. The Kier molecular flexibility index (Phi) is 2.09. The van der Waals surface area contributed by atoms with Gasteiger partial charge in [-0.3, -0.25) is 9.20 Å². The first-order chi connectivity index (χ1) is 6.22. The fourth-order valence-electron chi connectivity index (χ4n) is 1.11. The van der Waals surface area contributed by atoms with E-state index in [1.54, 1.807) is 16.7 Å². The third-order valence-electron chi connectivity index (χ3n) is 1.69. The van der Waals surface area contributed by atoms with Crippen LogP contribution in [0.4, 0.5) is 0 Å². The normalized spacial score (nSPS) is 10.6. The summed E-state index contributed by atoms with van der Waals surface area (Å²) in [7, 11) is 0. The van der Waals surface area contributed by atoms with Crippen molar-refractivity contribution in [3.05, 3.63) is 33.6 Å². The van der Waals surface area contributed by atoms with Crippen LogP contribution in [-0.2, 0) is 0 Å². The first kappa shape index (κ1) is 8.72. The Labute approximate surface area is 87.5 Å². The molecule has 0 atom stereocenters. The van der Waals surface area contributed by atoms with Gasteiger partial charge in [-0.25, -0.2) is 4.98 Å². The number of carbonyl (C=O) groups is 1. The number of aromatic nitrogens is 2. The summed E-state index contributed by atoms with van der Waals surface area (Å²) in [6.07, 6.45) is 2.44. The molecule has 0 aliphatic carbocycles. The van der Waals surface area contributed by atoms with Crippen LogP contribution in [0.15, 0.2) is 22.8 Å². The second kappa shape index (κ2) is 3.12. The highest BCUT2D eigenvalue weighted by Crippen LogP contribution is 2.18. The van der Waals surface area contributed by atoms with E-state index in [1.165, 1.54) is 0 Å². The number of pyridine rings is 1. The summed E-state index contributed by atoms with van der Waals surface area (Å²) in [5.74, 6) is 0. The highest BCUT2D eigenvalue weighted by atomic mass is 79.9. The summed E-state index contributed by atoms with van der Waals surface area (Å²) >= 11 is 9.04. The largest absolute Gasteiger partial charge is 0.296 e. The van der Waals surface area contributed by atoms with E-state index >= 15 is 0 Å². The van der Waals surface area contributed by atoms with Crippen molar-refractivity contribution in [3.63, 3.8) is 0 Å². The van der Waals surface area contributed by atoms with E-state index < -0.39 is 0 Å². The zero-order chi connectivity index (χ0) is 9.42. The Morgan fingerprint density at radius 1 is 1.54 bits per heavy atom. The summed E-state index contributed by atoms with van der Waals surface area (Å²) in [6.45, 7) is 0. The number of aldehydes is 1. The minimum Gasteiger partial charge on any atom is -0.296 e. The van der Waals surface area contributed by atoms with Gasteiger partial charge in [-0.2, -0.15) is 0 Å². The molecule has 0 amide bonds. The third-order valence-corrected chi connectivity index (χ3v) is 2.43. The van der Waals surface area contributed by atoms with Crippen molar-refractivity contribution < 1.29 is 4.79 Å². The van der Waals surface area contributed by atoms with Crippen LogP contribution in [0.5, 0.6) is 0 Å². The van der Waals surface area contributed by atoms with Gasteiger partial charge in [0.2, 0.25) is 0 Å². The number of carbonyl (C=O) groups excluding carboxylic acids is 1. The van der Waals surface area contributed by atoms with Crippen LogP contribution in [-0.4, -0.2) is 15.7 Å². The van der Waals surface area contributed by atoms with Gasteiger partial charge in [0.15, 0.2) is 11.4 Å². The molecule has 2 aromatic rings. The van der Waals surface area contributed by atoms with E-state index in [-0.39, 0.29) is 5.15 Å². The van der Waals surface area contributed by atoms with Crippen molar-refractivity contribution >= 4 is 39.5 Å². The molecule has 0 fully saturated rings. The summed E-state index contributed by atoms with van der Waals surface area (Å²) in [4.78, 5) is 14.7. The highest BCUT2D eigenvalue weighted by molar-refractivity contribution is 9.10. The minimum atomic E-state index is 0.230. The molecule has 0 saturated carbocycles. The third kappa shape index (κ3) is 1.36. The van der Waals surface area contributed by atoms with Crippen LogP contribution < -0.4 is 0 Å². The number of nitrogens with zero attached hydrogens (tertiary/aromatic N) is 2. The molecule has 13 heavy (non-hydrogen) atoms. The van der Waals surface area contributed by atoms with Crippen molar-refractivity contribution in [2.24, 2.45) is 0 Å². The molecule has 0 N–H and O–H groups in total. The van der Waals surface area contributed by atoms with Gasteiger partial charge in [0.05, 0.1) is 0 Å². The first-order valence-electron chi connectivity index (χ1n) is 3.50. The molecule has 66 valence electrons. The van der Waals surface area contributed by atoms with Crippen LogP contribution in [0, 0.1) is 0 Å². The minimum absolute atomic E-state index is 0.230. The van der Waals surface area contributed by atoms with Gasteiger partial charge in [-0.1, -0.05) is 11.6 Å². The molecule has 0 spiro atoms. The van der Waals surface area contributed by atoms with Crippen LogP contribution in [0.3, 0.4) is 0 Å². The van der Waals surface area contributed by atoms with Crippen molar-refractivity contribution in [2.75, 3.05) is 0 Å². The Hall–Kier alpha value is -0.870. The number of imidazole rings is 1. The molecule has 0 saturated heterocycles. The van der Waals surface area contributed by atoms with Crippen LogP contribution in [0.25, 0.3) is 5.65 Å². The van der Waals surface area contributed by atoms with Crippen molar-refractivity contribution in [1.82, 2.24) is 9.38 Å². The maximum atomic E-state index is 10.7. The number of hydrogen-bond acceptors (Lipinski definition) is 2. The first-order valence-corrected chi connectivity index (χ1v) is 4.68. The number of halogens is 2. The lowest BCUT2D eigenvalue weighted by Gasteiger charge is -1.94. The standard InChI is InChI=1S/C8H4BrClN2O/c9-5-1-2-7-11-8(10)6(4-13)12(7)3-5/h1-4H. The molecule has 0 aromatic carbocycles. The average molecular weight is 259 g/mol. The van der Waals surface area contributed by atoms with E-state index in [4.69, 9.17) is 11.6 Å². The smallest absolute Gasteiger partial charge is 0.170 e. The second-order valence-electron chi connectivity index (χ2n) is 2.48. The molecular formula is C8H4BrClN2O. The quantitative estimate of drug-likeness (QED) is 0.738. The number of fused-ring (bicyclic) bond motifs is 1. The van der Waals surface area contributed by atoms with Crippen LogP contribution in [0.2, 0.25) is 5.15 Å². The Morgan fingerprint density at radius 2 is 2.31 bits per heavy atom. The molecule has 3 nitrogen and oxygen atoms in total. The van der Waals surface area contributed by atoms with Gasteiger partial charge in [-0.05, 0) is 28.1 Å². The fraction of sp³-hybridized carbons (Fsp3) is 0. The van der Waals surface area contributed by atoms with Gasteiger partial charge < -0.3 is 0 Å². The molecule has 2 aromatic heterocycles. The number of hydrogen-bond donors (Lipinski definition) is 0. The Balaban J connectivity index is 2.88. The van der Waals surface area contributed by atoms with E-state index in [0.717, 1.165) is 4.47 Å². The van der Waals surface area contributed by atoms with E-state index in [0.29, 0.717) is 17.6 Å². The van der Waals surface area contributed by atoms with Gasteiger partial charge in [0, 0.05) is 10.7 Å². The summed E-state index contributed by atoms with van der Waals surface area (Å²) in [6, 6.07) is 3.62. The van der Waals surface area contributed by atoms with Crippen molar-refractivity contribution in [3.8, 4) is 0 Å². The summed E-state index contributed by atoms with van der Waals surface area (Å²) < 4.78 is 2.51. The fourth-order valence-corrected chi connectivity index (χ4v) is 1.67. The van der Waals surface area contributed by atoms with Gasteiger partial charge in [0.1, 0.15) is 11.3 Å². The van der Waals surface area contributed by atoms with Crippen LogP contribution >= 0.6 is 27.5 Å². The maximum absolute atomic E-state index is 10.7. The molecular weight excluding hydrogens is 255 g/mol. The molecule has 0 aliphatic rings. The van der Waals surface area contributed by atoms with E-state index in [2.05, 4.69) is 20.9 Å². The Morgan fingerprint density at radius 3 is 3.00 bits per heavy atom. The van der Waals surface area contributed by atoms with Crippen molar-refractivity contribution in [1.29, 1.82) is 0 Å². The SMILES string of the molecule is O=Cc1c(Cl)nc2ccc(Br)cn12. The zero-order valence-corrected chi connectivity index (χ0v) is 8.71. The van der Waals surface area contributed by atoms with Crippen molar-refractivity contribution in [2.45, 2.75) is 0 Å². The molecule has 0 bridgehead atoms. The van der Waals surface area contributed by atoms with Gasteiger partial charge in [-0.15, -0.1) is 0 Å². The van der Waals surface area contributed by atoms with E-state index in [1.807, 2.05) is 6.07 Å². The highest BCUT2D eigenvalue weighted by Gasteiger charge is 2.08. The molecule has 2 heterocycles. The lowest BCUT2D eigenvalue weighted by molar-refractivity contribution is 0.111. The summed E-state index contributed by atoms with van der Waals surface area (Å²) in [5.41, 5.74) is 1.04. The zero-order valence-electron chi connectivity index (χ0n) is 6.37. The molecule has 0 aliphatic heterocycles. The topological polar surface area (TPSA) is 34.4 Å². The second-order valence-corrected chi connectivity index (χ2v) is 3.75. The lowest BCUT2D eigenvalue weighted by atomic mass is 10.4. The predicted molar refractivity (Wildman–Crippen MR) is 53.3 cm³/mol. The Bertz CT molecular complexity index is 480. The predicted octanol–water partition coefficient (Wildman–Crippen LogP) is 2.56. The maximum Gasteiger partial charge on any atom is 0.170 e. The molecule has 0 radical (unpaired) electrons. The van der Waals surface area contributed by atoms with E-state index in [9.17, 15) is 4.79 Å². The average Bonchev–Trinajstić information content (AvgIpc) is 2.40. The monoisotopic (exact) mass is 258 g/mol. The van der Waals surface area contributed by atoms with Gasteiger partial charge in [0.25, 0.3) is 0 Å². The molecule has 2 rings (SSSR count).